The van der Waals surface area contributed by atoms with E-state index >= 15 is 0 Å². The first-order valence-corrected chi connectivity index (χ1v) is 8.99. The van der Waals surface area contributed by atoms with E-state index in [1.165, 1.54) is 18.9 Å². The molecule has 2 aromatic rings. The largest absolute Gasteiger partial charge is 0.292 e. The predicted molar refractivity (Wildman–Crippen MR) is 98.6 cm³/mol. The fourth-order valence-electron chi connectivity index (χ4n) is 3.07. The number of rotatable bonds is 2. The first kappa shape index (κ1) is 17.9. The lowest BCUT2D eigenvalue weighted by Gasteiger charge is -2.15. The van der Waals surface area contributed by atoms with E-state index in [-0.39, 0.29) is 16.1 Å². The summed E-state index contributed by atoms with van der Waals surface area (Å²) in [5.74, 6) is 3.80. The summed E-state index contributed by atoms with van der Waals surface area (Å²) in [4.78, 5) is 2.25. The van der Waals surface area contributed by atoms with Crippen LogP contribution in [-0.2, 0) is 0 Å². The second kappa shape index (κ2) is 8.47. The molecule has 130 valence electrons. The molecule has 25 heavy (non-hydrogen) atoms. The molecular formula is C21H20ClF2N. The van der Waals surface area contributed by atoms with Gasteiger partial charge in [-0.15, -0.1) is 0 Å². The predicted octanol–water partition coefficient (Wildman–Crippen LogP) is 5.51. The molecule has 0 spiro atoms. The van der Waals surface area contributed by atoms with Gasteiger partial charge in [-0.25, -0.2) is 8.78 Å². The Balaban J connectivity index is 1.83. The molecular weight excluding hydrogens is 340 g/mol. The van der Waals surface area contributed by atoms with E-state index in [4.69, 9.17) is 11.6 Å². The lowest BCUT2D eigenvalue weighted by atomic mass is 10.0. The summed E-state index contributed by atoms with van der Waals surface area (Å²) < 4.78 is 28.9. The molecule has 1 saturated heterocycles. The average molecular weight is 360 g/mol. The van der Waals surface area contributed by atoms with Gasteiger partial charge in [-0.2, -0.15) is 0 Å². The third-order valence-electron chi connectivity index (χ3n) is 4.46. The molecule has 3 rings (SSSR count). The summed E-state index contributed by atoms with van der Waals surface area (Å²) in [5.41, 5.74) is 0.680. The SMILES string of the molecule is Fc1c(-c2ccccc2)cc(Cl)c(C#CCN2CCCCCC2)c1F. The smallest absolute Gasteiger partial charge is 0.176 e. The Labute approximate surface area is 152 Å². The minimum Gasteiger partial charge on any atom is -0.292 e. The Kier molecular flexibility index (Phi) is 6.07. The molecule has 2 aromatic carbocycles. The van der Waals surface area contributed by atoms with Crippen molar-refractivity contribution >= 4 is 11.6 Å². The van der Waals surface area contributed by atoms with Gasteiger partial charge >= 0.3 is 0 Å². The van der Waals surface area contributed by atoms with Gasteiger partial charge in [-0.05, 0) is 37.6 Å². The number of likely N-dealkylation sites (tertiary alicyclic amines) is 1. The zero-order chi connectivity index (χ0) is 17.6. The summed E-state index contributed by atoms with van der Waals surface area (Å²) in [6.07, 6.45) is 4.82. The van der Waals surface area contributed by atoms with Crippen LogP contribution in [0, 0.1) is 23.5 Å². The third kappa shape index (κ3) is 4.39. The zero-order valence-corrected chi connectivity index (χ0v) is 14.8. The highest BCUT2D eigenvalue weighted by molar-refractivity contribution is 6.32. The van der Waals surface area contributed by atoms with Crippen LogP contribution in [0.2, 0.25) is 5.02 Å². The van der Waals surface area contributed by atoms with Crippen LogP contribution in [0.4, 0.5) is 8.78 Å². The van der Waals surface area contributed by atoms with Crippen LogP contribution in [0.3, 0.4) is 0 Å². The van der Waals surface area contributed by atoms with Gasteiger partial charge in [0.05, 0.1) is 17.1 Å². The first-order valence-electron chi connectivity index (χ1n) is 8.61. The summed E-state index contributed by atoms with van der Waals surface area (Å²) in [6, 6.07) is 10.3. The van der Waals surface area contributed by atoms with Gasteiger partial charge < -0.3 is 0 Å². The zero-order valence-electron chi connectivity index (χ0n) is 14.0. The van der Waals surface area contributed by atoms with E-state index < -0.39 is 11.6 Å². The van der Waals surface area contributed by atoms with Crippen molar-refractivity contribution in [2.45, 2.75) is 25.7 Å². The summed E-state index contributed by atoms with van der Waals surface area (Å²) >= 11 is 6.18. The average Bonchev–Trinajstić information content (AvgIpc) is 2.90. The summed E-state index contributed by atoms with van der Waals surface area (Å²) in [6.45, 7) is 2.57. The van der Waals surface area contributed by atoms with Crippen LogP contribution in [-0.4, -0.2) is 24.5 Å². The lowest BCUT2D eigenvalue weighted by Crippen LogP contribution is -2.24. The molecule has 0 bridgehead atoms. The standard InChI is InChI=1S/C21H20ClF2N/c22-19-15-18(16-9-4-3-5-10-16)21(24)20(23)17(19)11-8-14-25-12-6-1-2-7-13-25/h3-5,9-10,15H,1-2,6-7,12-14H2. The maximum Gasteiger partial charge on any atom is 0.176 e. The molecule has 1 fully saturated rings. The Morgan fingerprint density at radius 2 is 1.64 bits per heavy atom. The Bertz CT molecular complexity index is 785. The molecule has 1 nitrogen and oxygen atoms in total. The maximum absolute atomic E-state index is 14.5. The fraction of sp³-hybridized carbons (Fsp3) is 0.333. The van der Waals surface area contributed by atoms with Gasteiger partial charge in [0.1, 0.15) is 0 Å². The number of hydrogen-bond donors (Lipinski definition) is 0. The highest BCUT2D eigenvalue weighted by Gasteiger charge is 2.17. The molecule has 0 amide bonds. The van der Waals surface area contributed by atoms with Crippen molar-refractivity contribution in [3.8, 4) is 23.0 Å². The summed E-state index contributed by atoms with van der Waals surface area (Å²) in [5, 5.41) is 0.140. The van der Waals surface area contributed by atoms with Gasteiger partial charge in [-0.1, -0.05) is 66.6 Å². The van der Waals surface area contributed by atoms with Crippen LogP contribution >= 0.6 is 11.6 Å². The van der Waals surface area contributed by atoms with Crippen LogP contribution in [0.25, 0.3) is 11.1 Å². The molecule has 0 atom stereocenters. The number of hydrogen-bond acceptors (Lipinski definition) is 1. The van der Waals surface area contributed by atoms with Crippen LogP contribution in [0.1, 0.15) is 31.2 Å². The number of nitrogens with zero attached hydrogens (tertiary/aromatic N) is 1. The van der Waals surface area contributed by atoms with Gasteiger partial charge in [0.2, 0.25) is 0 Å². The lowest BCUT2D eigenvalue weighted by molar-refractivity contribution is 0.320. The molecule has 0 radical (unpaired) electrons. The molecule has 0 saturated carbocycles. The van der Waals surface area contributed by atoms with E-state index in [9.17, 15) is 8.78 Å². The van der Waals surface area contributed by atoms with Crippen LogP contribution in [0.15, 0.2) is 36.4 Å². The monoisotopic (exact) mass is 359 g/mol. The Morgan fingerprint density at radius 3 is 2.32 bits per heavy atom. The van der Waals surface area contributed by atoms with E-state index in [0.29, 0.717) is 12.1 Å². The van der Waals surface area contributed by atoms with Gasteiger partial charge in [-0.3, -0.25) is 4.90 Å². The van der Waals surface area contributed by atoms with Gasteiger partial charge in [0, 0.05) is 5.56 Å². The maximum atomic E-state index is 14.5. The minimum atomic E-state index is -0.977. The fourth-order valence-corrected chi connectivity index (χ4v) is 3.31. The normalized spacial score (nSPS) is 15.3. The Hall–Kier alpha value is -1.89. The van der Waals surface area contributed by atoms with Crippen molar-refractivity contribution in [1.29, 1.82) is 0 Å². The van der Waals surface area contributed by atoms with Gasteiger partial charge in [0.25, 0.3) is 0 Å². The number of halogens is 3. The van der Waals surface area contributed by atoms with E-state index in [1.807, 2.05) is 6.07 Å². The highest BCUT2D eigenvalue weighted by atomic mass is 35.5. The molecule has 0 unspecified atom stereocenters. The van der Waals surface area contributed by atoms with Crippen molar-refractivity contribution < 1.29 is 8.78 Å². The van der Waals surface area contributed by atoms with Crippen LogP contribution in [0.5, 0.6) is 0 Å². The molecule has 0 N–H and O–H groups in total. The topological polar surface area (TPSA) is 3.24 Å². The quantitative estimate of drug-likeness (QED) is 0.504. The number of benzene rings is 2. The van der Waals surface area contributed by atoms with Gasteiger partial charge in [0.15, 0.2) is 11.6 Å². The minimum absolute atomic E-state index is 0.0614. The highest BCUT2D eigenvalue weighted by Crippen LogP contribution is 2.31. The van der Waals surface area contributed by atoms with E-state index in [0.717, 1.165) is 25.9 Å². The van der Waals surface area contributed by atoms with Crippen molar-refractivity contribution in [2.24, 2.45) is 0 Å². The second-order valence-electron chi connectivity index (χ2n) is 6.27. The third-order valence-corrected chi connectivity index (χ3v) is 4.76. The molecule has 0 aromatic heterocycles. The van der Waals surface area contributed by atoms with E-state index in [2.05, 4.69) is 16.7 Å². The van der Waals surface area contributed by atoms with Crippen molar-refractivity contribution in [3.05, 3.63) is 58.6 Å². The van der Waals surface area contributed by atoms with Crippen LogP contribution < -0.4 is 0 Å². The Morgan fingerprint density at radius 1 is 0.960 bits per heavy atom. The molecule has 0 aliphatic carbocycles. The van der Waals surface area contributed by atoms with E-state index in [1.54, 1.807) is 24.3 Å². The second-order valence-corrected chi connectivity index (χ2v) is 6.67. The molecule has 1 aliphatic heterocycles. The summed E-state index contributed by atoms with van der Waals surface area (Å²) in [7, 11) is 0. The molecule has 4 heteroatoms. The molecule has 1 heterocycles. The van der Waals surface area contributed by atoms with Crippen molar-refractivity contribution in [3.63, 3.8) is 0 Å². The molecule has 1 aliphatic rings. The first-order chi connectivity index (χ1) is 12.2. The van der Waals surface area contributed by atoms with Crippen molar-refractivity contribution in [2.75, 3.05) is 19.6 Å². The van der Waals surface area contributed by atoms with Crippen molar-refractivity contribution in [1.82, 2.24) is 4.90 Å².